The van der Waals surface area contributed by atoms with E-state index in [2.05, 4.69) is 48.5 Å². The molecule has 2 heterocycles. The van der Waals surface area contributed by atoms with Gasteiger partial charge < -0.3 is 19.7 Å². The molecule has 78 heavy (non-hydrogen) atoms. The third kappa shape index (κ3) is 10.7. The molecule has 20 nitrogen and oxygen atoms in total. The first-order chi connectivity index (χ1) is 35.8. The molecule has 0 spiro atoms. The van der Waals surface area contributed by atoms with Crippen LogP contribution in [0.1, 0.15) is 178 Å². The largest absolute Gasteiger partial charge is 0.397 e. The average Bonchev–Trinajstić information content (AvgIpc) is 4.00. The molecule has 6 N–H and O–H groups in total. The predicted molar refractivity (Wildman–Crippen MR) is 282 cm³/mol. The summed E-state index contributed by atoms with van der Waals surface area (Å²) in [6, 6.07) is 0. The Hall–Kier alpha value is -1.20. The lowest BCUT2D eigenvalue weighted by Gasteiger charge is -2.57. The Bertz CT molecular complexity index is 2890. The Morgan fingerprint density at radius 2 is 1.00 bits per heavy atom. The smallest absolute Gasteiger partial charge is 0.390 e. The van der Waals surface area contributed by atoms with E-state index in [0.717, 1.165) is 86.5 Å². The second-order valence-corrected chi connectivity index (χ2v) is 32.1. The normalized spacial score (nSPS) is 47.2. The van der Waals surface area contributed by atoms with E-state index in [4.69, 9.17) is 26.2 Å². The van der Waals surface area contributed by atoms with Crippen molar-refractivity contribution in [2.45, 2.75) is 238 Å². The van der Waals surface area contributed by atoms with E-state index < -0.39 is 112 Å². The van der Waals surface area contributed by atoms with Gasteiger partial charge in [0.1, 0.15) is 12.2 Å². The van der Waals surface area contributed by atoms with Gasteiger partial charge >= 0.3 is 41.6 Å². The van der Waals surface area contributed by atoms with E-state index in [0.29, 0.717) is 18.8 Å². The summed E-state index contributed by atoms with van der Waals surface area (Å²) in [7, 11) is -19.6. The standard InChI is InChI=1S/C54H86O20S4/c1-28(33-11-13-35-31-21-44(70-75(57,58)59)39-23-41(55)46(72-77(63,64)65)26-52(39,7)37(31)16-18-50(33,35)5)10-15-48-54(9)25-30(49(3,4)74-54)20-43(69-48)29(2)34-12-14-36-32-22-45(71-76(60,61)62)40-24-42(56)47(73-78(66,67)68)27-53(40,8)38(32)17-19-51(34,36)6/h28-30,33-36,39-48,55-56H,10-27H2,1-9H3,(H,57,58,59)(H,60,61,62)(H,63,64,65)(H,66,67,68)/t28-,29+,30-,33-,34-,35-,36-,39+,40-,41-,42-,43-,44+,45+,46+,47+,48+,50-,51-,52-,53-,54-/m1/s1. The van der Waals surface area contributed by atoms with E-state index in [1.165, 1.54) is 0 Å². The predicted octanol–water partition coefficient (Wildman–Crippen LogP) is 8.13. The maximum absolute atomic E-state index is 12.4. The van der Waals surface area contributed by atoms with Crippen LogP contribution in [-0.4, -0.2) is 122 Å². The fourth-order valence-electron chi connectivity index (χ4n) is 20.2. The molecule has 446 valence electrons. The van der Waals surface area contributed by atoms with Gasteiger partial charge in [0.25, 0.3) is 0 Å². The number of fused-ring (bicyclic) bond motifs is 10. The third-order valence-electron chi connectivity index (χ3n) is 23.6. The fourth-order valence-corrected chi connectivity index (χ4v) is 22.2. The number of hydrogen-bond donors (Lipinski definition) is 6. The third-order valence-corrected chi connectivity index (χ3v) is 25.5. The quantitative estimate of drug-likeness (QED) is 0.0706. The summed E-state index contributed by atoms with van der Waals surface area (Å²) < 4.78 is 172. The molecule has 0 aromatic carbocycles. The van der Waals surface area contributed by atoms with E-state index >= 15 is 0 Å². The van der Waals surface area contributed by atoms with Crippen LogP contribution in [0.25, 0.3) is 0 Å². The van der Waals surface area contributed by atoms with Crippen LogP contribution in [0.4, 0.5) is 0 Å². The van der Waals surface area contributed by atoms with Crippen LogP contribution in [0.5, 0.6) is 0 Å². The number of rotatable bonds is 14. The number of allylic oxidation sites excluding steroid dienone is 2. The van der Waals surface area contributed by atoms with Crippen molar-refractivity contribution < 1.29 is 88.3 Å². The zero-order chi connectivity index (χ0) is 57.1. The second kappa shape index (κ2) is 20.0. The summed E-state index contributed by atoms with van der Waals surface area (Å²) in [5, 5.41) is 22.1. The van der Waals surface area contributed by atoms with Gasteiger partial charge in [0.05, 0.1) is 47.8 Å². The van der Waals surface area contributed by atoms with Gasteiger partial charge in [-0.3, -0.25) is 18.2 Å². The highest BCUT2D eigenvalue weighted by atomic mass is 32.3. The van der Waals surface area contributed by atoms with Gasteiger partial charge in [0.15, 0.2) is 0 Å². The molecule has 0 unspecified atom stereocenters. The molecule has 0 radical (unpaired) electrons. The minimum Gasteiger partial charge on any atom is -0.390 e. The highest BCUT2D eigenvalue weighted by Gasteiger charge is 2.64. The lowest BCUT2D eigenvalue weighted by Crippen LogP contribution is -2.56. The highest BCUT2D eigenvalue weighted by Crippen LogP contribution is 2.69. The van der Waals surface area contributed by atoms with Gasteiger partial charge in [-0.15, -0.1) is 0 Å². The van der Waals surface area contributed by atoms with Crippen molar-refractivity contribution >= 4 is 41.6 Å². The Kier molecular flexibility index (Phi) is 15.3. The summed E-state index contributed by atoms with van der Waals surface area (Å²) in [5.41, 5.74) is 1.31. The van der Waals surface area contributed by atoms with Gasteiger partial charge in [-0.25, -0.2) is 16.7 Å². The lowest BCUT2D eigenvalue weighted by atomic mass is 9.49. The van der Waals surface area contributed by atoms with Gasteiger partial charge in [-0.05, 0) is 211 Å². The number of aliphatic hydroxyl groups excluding tert-OH is 2. The molecule has 6 fully saturated rings. The maximum atomic E-state index is 12.4. The molecule has 4 saturated carbocycles. The van der Waals surface area contributed by atoms with Crippen molar-refractivity contribution in [3.8, 4) is 0 Å². The van der Waals surface area contributed by atoms with Crippen LogP contribution in [0.2, 0.25) is 0 Å². The summed E-state index contributed by atoms with van der Waals surface area (Å²) in [5.74, 6) is 0.106. The number of ether oxygens (including phenoxy) is 2. The molecule has 22 atom stereocenters. The van der Waals surface area contributed by atoms with Gasteiger partial charge in [0.2, 0.25) is 0 Å². The molecular formula is C54H86O20S4. The monoisotopic (exact) mass is 1180 g/mol. The molecule has 10 rings (SSSR count). The summed E-state index contributed by atoms with van der Waals surface area (Å²) in [4.78, 5) is 0. The first-order valence-electron chi connectivity index (χ1n) is 28.6. The van der Waals surface area contributed by atoms with Crippen LogP contribution in [-0.2, 0) is 67.8 Å². The van der Waals surface area contributed by atoms with E-state index in [-0.39, 0.29) is 97.1 Å². The first kappa shape index (κ1) is 59.9. The molecule has 10 aliphatic rings. The zero-order valence-electron chi connectivity index (χ0n) is 46.6. The van der Waals surface area contributed by atoms with Crippen molar-refractivity contribution in [3.63, 3.8) is 0 Å². The number of aliphatic hydroxyl groups is 2. The minimum absolute atomic E-state index is 0.00196. The van der Waals surface area contributed by atoms with Crippen molar-refractivity contribution in [3.05, 3.63) is 22.3 Å². The fraction of sp³-hybridized carbons (Fsp3) is 0.926. The van der Waals surface area contributed by atoms with Crippen molar-refractivity contribution in [1.29, 1.82) is 0 Å². The Morgan fingerprint density at radius 1 is 0.577 bits per heavy atom. The highest BCUT2D eigenvalue weighted by molar-refractivity contribution is 7.81. The minimum atomic E-state index is -4.92. The number of hydrogen-bond acceptors (Lipinski definition) is 16. The van der Waals surface area contributed by atoms with Gasteiger partial charge in [-0.2, -0.15) is 33.7 Å². The van der Waals surface area contributed by atoms with Crippen LogP contribution < -0.4 is 0 Å². The average molecular weight is 1180 g/mol. The van der Waals surface area contributed by atoms with Crippen molar-refractivity contribution in [2.24, 2.45) is 74.9 Å². The Labute approximate surface area is 462 Å². The molecule has 2 aliphatic heterocycles. The molecule has 0 aromatic rings. The Balaban J connectivity index is 0.878. The first-order valence-corrected chi connectivity index (χ1v) is 34.0. The van der Waals surface area contributed by atoms with E-state index in [1.54, 1.807) is 0 Å². The summed E-state index contributed by atoms with van der Waals surface area (Å²) >= 11 is 0. The SMILES string of the molecule is C[C@@H]([C@H]1CC[C@@H]2C3=C(CC[C@@]21C)[C@@]1(C)C[C@H](OS(=O)(=O)O)[C@H](O)C[C@@H]1[C@@H](OS(=O)(=O)O)C3)[C@H]1C[C@@H]2C[C@@](C)(OC2(C)C)[C@H](CC[C@@H](C)[C@H]2CC[C@@H]3C4=C(CC[C@@]32C)[C@@]2(C)C[C@H](OS(=O)(=O)O)[C@H](O)C[C@H]2[C@@H](OS(=O)(=O)O)C4)O1. The topological polar surface area (TPSA) is 313 Å². The lowest BCUT2D eigenvalue weighted by molar-refractivity contribution is -0.200. The molecular weight excluding hydrogens is 1100 g/mol. The van der Waals surface area contributed by atoms with Crippen molar-refractivity contribution in [1.82, 2.24) is 0 Å². The van der Waals surface area contributed by atoms with Crippen LogP contribution in [0.15, 0.2) is 22.3 Å². The Morgan fingerprint density at radius 3 is 1.45 bits per heavy atom. The second-order valence-electron chi connectivity index (χ2n) is 27.9. The summed E-state index contributed by atoms with van der Waals surface area (Å²) in [6.45, 7) is 19.8. The maximum Gasteiger partial charge on any atom is 0.397 e. The van der Waals surface area contributed by atoms with Crippen LogP contribution in [0, 0.1) is 74.9 Å². The molecule has 0 aromatic heterocycles. The summed E-state index contributed by atoms with van der Waals surface area (Å²) in [6.07, 6.45) is 2.76. The molecule has 24 heteroatoms. The molecule has 0 amide bonds. The molecule has 8 aliphatic carbocycles. The molecule has 2 bridgehead atoms. The van der Waals surface area contributed by atoms with Crippen LogP contribution in [0.3, 0.4) is 0 Å². The van der Waals surface area contributed by atoms with E-state index in [9.17, 15) is 62.1 Å². The molecule has 2 saturated heterocycles. The zero-order valence-corrected chi connectivity index (χ0v) is 49.8. The van der Waals surface area contributed by atoms with Crippen LogP contribution >= 0.6 is 0 Å². The van der Waals surface area contributed by atoms with Gasteiger partial charge in [-0.1, -0.05) is 63.8 Å². The van der Waals surface area contributed by atoms with Gasteiger partial charge in [0, 0.05) is 0 Å². The van der Waals surface area contributed by atoms with Crippen molar-refractivity contribution in [2.75, 3.05) is 0 Å². The van der Waals surface area contributed by atoms with E-state index in [1.807, 2.05) is 13.8 Å².